The van der Waals surface area contributed by atoms with E-state index in [0.717, 1.165) is 22.2 Å². The van der Waals surface area contributed by atoms with E-state index in [-0.39, 0.29) is 17.5 Å². The normalized spacial score (nSPS) is 13.8. The number of rotatable bonds is 9. The molecule has 0 spiro atoms. The maximum absolute atomic E-state index is 13.3. The zero-order valence-corrected chi connectivity index (χ0v) is 20.2. The number of nitrogens with zero attached hydrogens (tertiary/aromatic N) is 2. The van der Waals surface area contributed by atoms with Gasteiger partial charge < -0.3 is 4.74 Å². The summed E-state index contributed by atoms with van der Waals surface area (Å²) in [6.45, 7) is 5.55. The van der Waals surface area contributed by atoms with Crippen LogP contribution in [0.5, 0.6) is 5.75 Å². The molecule has 2 atom stereocenters. The van der Waals surface area contributed by atoms with Gasteiger partial charge in [-0.3, -0.25) is 0 Å². The van der Waals surface area contributed by atoms with Gasteiger partial charge in [-0.25, -0.2) is 22.2 Å². The van der Waals surface area contributed by atoms with Gasteiger partial charge >= 0.3 is 0 Å². The summed E-state index contributed by atoms with van der Waals surface area (Å²) >= 11 is 0. The predicted octanol–water partition coefficient (Wildman–Crippen LogP) is 5.25. The van der Waals surface area contributed by atoms with Crippen LogP contribution in [0.15, 0.2) is 79.0 Å². The Morgan fingerprint density at radius 3 is 2.38 bits per heavy atom. The van der Waals surface area contributed by atoms with E-state index in [2.05, 4.69) is 9.82 Å². The molecule has 0 amide bonds. The molecule has 8 heteroatoms. The third-order valence-electron chi connectivity index (χ3n) is 5.37. The first-order valence-corrected chi connectivity index (χ1v) is 12.8. The van der Waals surface area contributed by atoms with Crippen molar-refractivity contribution in [1.29, 1.82) is 0 Å². The summed E-state index contributed by atoms with van der Waals surface area (Å²) in [5, 5.41) is 5.28. The molecule has 6 nitrogen and oxygen atoms in total. The van der Waals surface area contributed by atoms with Gasteiger partial charge in [0.2, 0.25) is 10.0 Å². The third kappa shape index (κ3) is 5.63. The number of halogens is 1. The molecule has 178 valence electrons. The average Bonchev–Trinajstić information content (AvgIpc) is 3.20. The summed E-state index contributed by atoms with van der Waals surface area (Å²) in [6, 6.07) is 20.8. The summed E-state index contributed by atoms with van der Waals surface area (Å²) in [5.74, 6) is 0.352. The van der Waals surface area contributed by atoms with Gasteiger partial charge in [0.15, 0.2) is 0 Å². The van der Waals surface area contributed by atoms with Crippen LogP contribution in [-0.4, -0.2) is 30.0 Å². The SMILES string of the molecule is CC(C)CS(=O)(=O)N[C@@H](C)[C@@H](Oc1ccc2c(cnn2-c2ccc(F)cc2)c1)c1ccccc1. The number of hydrogen-bond acceptors (Lipinski definition) is 4. The van der Waals surface area contributed by atoms with E-state index >= 15 is 0 Å². The first-order valence-electron chi connectivity index (χ1n) is 11.2. The Bertz CT molecular complexity index is 1350. The second kappa shape index (κ2) is 9.95. The maximum atomic E-state index is 13.3. The minimum atomic E-state index is -3.46. The van der Waals surface area contributed by atoms with Crippen molar-refractivity contribution in [1.82, 2.24) is 14.5 Å². The lowest BCUT2D eigenvalue weighted by atomic mass is 10.0. The van der Waals surface area contributed by atoms with Crippen LogP contribution >= 0.6 is 0 Å². The van der Waals surface area contributed by atoms with Gasteiger partial charge in [0.25, 0.3) is 0 Å². The molecule has 0 saturated carbocycles. The van der Waals surface area contributed by atoms with Gasteiger partial charge in [-0.15, -0.1) is 0 Å². The topological polar surface area (TPSA) is 73.2 Å². The number of benzene rings is 3. The smallest absolute Gasteiger partial charge is 0.212 e. The second-order valence-electron chi connectivity index (χ2n) is 8.78. The average molecular weight is 482 g/mol. The molecule has 1 heterocycles. The minimum Gasteiger partial charge on any atom is -0.484 e. The van der Waals surface area contributed by atoms with Crippen molar-refractivity contribution >= 4 is 20.9 Å². The highest BCUT2D eigenvalue weighted by atomic mass is 32.2. The molecule has 0 aliphatic heterocycles. The second-order valence-corrected chi connectivity index (χ2v) is 10.6. The van der Waals surface area contributed by atoms with Gasteiger partial charge in [0.1, 0.15) is 17.7 Å². The fraction of sp³-hybridized carbons (Fsp3) is 0.269. The molecule has 0 aliphatic rings. The molecule has 34 heavy (non-hydrogen) atoms. The zero-order chi connectivity index (χ0) is 24.3. The fourth-order valence-corrected chi connectivity index (χ4v) is 5.62. The minimum absolute atomic E-state index is 0.0147. The molecular formula is C26H28FN3O3S. The molecule has 0 aliphatic carbocycles. The van der Waals surface area contributed by atoms with E-state index in [1.807, 2.05) is 62.4 Å². The van der Waals surface area contributed by atoms with Gasteiger partial charge in [-0.2, -0.15) is 5.10 Å². The van der Waals surface area contributed by atoms with E-state index in [9.17, 15) is 12.8 Å². The van der Waals surface area contributed by atoms with Gasteiger partial charge in [0, 0.05) is 5.39 Å². The Labute approximate surface area is 199 Å². The molecule has 1 aromatic heterocycles. The molecule has 0 bridgehead atoms. The Hall–Kier alpha value is -3.23. The quantitative estimate of drug-likeness (QED) is 0.354. The lowest BCUT2D eigenvalue weighted by Crippen LogP contribution is -2.41. The van der Waals surface area contributed by atoms with Crippen LogP contribution in [0.4, 0.5) is 4.39 Å². The number of sulfonamides is 1. The van der Waals surface area contributed by atoms with Crippen molar-refractivity contribution in [2.45, 2.75) is 32.9 Å². The number of fused-ring (bicyclic) bond motifs is 1. The van der Waals surface area contributed by atoms with Crippen LogP contribution in [0.2, 0.25) is 0 Å². The summed E-state index contributed by atoms with van der Waals surface area (Å²) < 4.78 is 49.3. The summed E-state index contributed by atoms with van der Waals surface area (Å²) in [6.07, 6.45) is 1.19. The summed E-state index contributed by atoms with van der Waals surface area (Å²) in [5.41, 5.74) is 2.46. The summed E-state index contributed by atoms with van der Waals surface area (Å²) in [4.78, 5) is 0. The fourth-order valence-electron chi connectivity index (χ4n) is 3.95. The van der Waals surface area contributed by atoms with Crippen molar-refractivity contribution in [2.24, 2.45) is 5.92 Å². The van der Waals surface area contributed by atoms with Crippen LogP contribution in [-0.2, 0) is 10.0 Å². The number of aromatic nitrogens is 2. The van der Waals surface area contributed by atoms with E-state index in [1.54, 1.807) is 29.9 Å². The van der Waals surface area contributed by atoms with Crippen LogP contribution in [0.3, 0.4) is 0 Å². The number of ether oxygens (including phenoxy) is 1. The largest absolute Gasteiger partial charge is 0.484 e. The highest BCUT2D eigenvalue weighted by Gasteiger charge is 2.26. The maximum Gasteiger partial charge on any atom is 0.212 e. The molecule has 3 aromatic carbocycles. The van der Waals surface area contributed by atoms with Crippen LogP contribution in [0.1, 0.15) is 32.4 Å². The third-order valence-corrected chi connectivity index (χ3v) is 7.21. The summed E-state index contributed by atoms with van der Waals surface area (Å²) in [7, 11) is -3.46. The zero-order valence-electron chi connectivity index (χ0n) is 19.4. The highest BCUT2D eigenvalue weighted by Crippen LogP contribution is 2.29. The lowest BCUT2D eigenvalue weighted by Gasteiger charge is -2.27. The molecule has 4 aromatic rings. The van der Waals surface area contributed by atoms with Crippen molar-refractivity contribution in [3.8, 4) is 11.4 Å². The van der Waals surface area contributed by atoms with Crippen molar-refractivity contribution < 1.29 is 17.5 Å². The molecule has 0 unspecified atom stereocenters. The Balaban J connectivity index is 1.62. The van der Waals surface area contributed by atoms with Gasteiger partial charge in [-0.05, 0) is 60.9 Å². The van der Waals surface area contributed by atoms with Gasteiger partial charge in [-0.1, -0.05) is 44.2 Å². The first-order chi connectivity index (χ1) is 16.2. The number of hydrogen-bond donors (Lipinski definition) is 1. The van der Waals surface area contributed by atoms with Crippen molar-refractivity contribution in [3.63, 3.8) is 0 Å². The predicted molar refractivity (Wildman–Crippen MR) is 132 cm³/mol. The lowest BCUT2D eigenvalue weighted by molar-refractivity contribution is 0.173. The molecule has 0 fully saturated rings. The first kappa shape index (κ1) is 23.9. The standard InChI is InChI=1S/C26H28FN3O3S/c1-18(2)17-34(31,32)29-19(3)26(20-7-5-4-6-8-20)33-24-13-14-25-21(15-24)16-28-30(25)23-11-9-22(27)10-12-23/h4-16,18-19,26,29H,17H2,1-3H3/t19-,26+/m0/s1. The number of nitrogens with one attached hydrogen (secondary N) is 1. The van der Waals surface area contributed by atoms with Crippen LogP contribution in [0, 0.1) is 11.7 Å². The van der Waals surface area contributed by atoms with E-state index in [1.165, 1.54) is 12.1 Å². The van der Waals surface area contributed by atoms with Crippen LogP contribution in [0.25, 0.3) is 16.6 Å². The van der Waals surface area contributed by atoms with E-state index in [0.29, 0.717) is 5.75 Å². The Morgan fingerprint density at radius 1 is 1.00 bits per heavy atom. The molecule has 4 rings (SSSR count). The van der Waals surface area contributed by atoms with Gasteiger partial charge in [0.05, 0.1) is 29.2 Å². The van der Waals surface area contributed by atoms with Crippen LogP contribution < -0.4 is 9.46 Å². The van der Waals surface area contributed by atoms with Crippen molar-refractivity contribution in [3.05, 3.63) is 90.4 Å². The Kier molecular flexibility index (Phi) is 7.00. The Morgan fingerprint density at radius 2 is 1.71 bits per heavy atom. The highest BCUT2D eigenvalue weighted by molar-refractivity contribution is 7.89. The van der Waals surface area contributed by atoms with E-state index in [4.69, 9.17) is 4.74 Å². The molecular weight excluding hydrogens is 453 g/mol. The van der Waals surface area contributed by atoms with Crippen molar-refractivity contribution in [2.75, 3.05) is 5.75 Å². The molecule has 0 radical (unpaired) electrons. The monoisotopic (exact) mass is 481 g/mol. The van der Waals surface area contributed by atoms with E-state index < -0.39 is 22.2 Å². The molecule has 1 N–H and O–H groups in total. The molecule has 0 saturated heterocycles.